The number of hydrogen-bond acceptors (Lipinski definition) is 0. The summed E-state index contributed by atoms with van der Waals surface area (Å²) < 4.78 is 0. The normalized spacial score (nSPS) is 12.8. The van der Waals surface area contributed by atoms with Crippen molar-refractivity contribution in [2.24, 2.45) is 0 Å². The maximum absolute atomic E-state index is 3.63. The quantitative estimate of drug-likeness (QED) is 0.356. The molecule has 5 aromatic rings. The molecule has 0 unspecified atom stereocenters. The van der Waals surface area contributed by atoms with Crippen LogP contribution in [-0.4, -0.2) is 4.98 Å². The van der Waals surface area contributed by atoms with Gasteiger partial charge in [0, 0.05) is 21.5 Å². The molecule has 1 nitrogen and oxygen atoms in total. The molecule has 0 radical (unpaired) electrons. The summed E-state index contributed by atoms with van der Waals surface area (Å²) >= 11 is 0. The van der Waals surface area contributed by atoms with E-state index in [0.717, 1.165) is 12.8 Å². The lowest BCUT2D eigenvalue weighted by Gasteiger charge is -2.11. The number of benzene rings is 4. The summed E-state index contributed by atoms with van der Waals surface area (Å²) in [4.78, 5) is 3.63. The second kappa shape index (κ2) is 7.45. The van der Waals surface area contributed by atoms with Crippen LogP contribution in [0.25, 0.3) is 56.4 Å². The first-order chi connectivity index (χ1) is 15.3. The van der Waals surface area contributed by atoms with E-state index in [1.807, 2.05) is 0 Å². The van der Waals surface area contributed by atoms with Gasteiger partial charge in [0.05, 0.1) is 0 Å². The summed E-state index contributed by atoms with van der Waals surface area (Å²) in [6.07, 6.45) is 6.92. The minimum absolute atomic E-state index is 1.12. The van der Waals surface area contributed by atoms with Gasteiger partial charge in [0.25, 0.3) is 0 Å². The maximum atomic E-state index is 3.63. The molecule has 0 saturated heterocycles. The second-order valence-electron chi connectivity index (χ2n) is 8.23. The first kappa shape index (κ1) is 18.0. The topological polar surface area (TPSA) is 15.8 Å². The summed E-state index contributed by atoms with van der Waals surface area (Å²) in [6, 6.07) is 35.0. The Morgan fingerprint density at radius 2 is 1.06 bits per heavy atom. The summed E-state index contributed by atoms with van der Waals surface area (Å²) in [6.45, 7) is 0. The van der Waals surface area contributed by atoms with Crippen LogP contribution in [0.3, 0.4) is 0 Å². The van der Waals surface area contributed by atoms with Crippen LogP contribution in [0.1, 0.15) is 12.8 Å². The molecule has 1 aromatic heterocycles. The SMILES string of the molecule is C1=c2[nH]c3cc(-c4cc(-c5ccccc5)cc(-c5ccccc5)c4)ccc3c2=CCC1. The van der Waals surface area contributed by atoms with Crippen molar-refractivity contribution in [2.75, 3.05) is 0 Å². The fraction of sp³-hybridized carbons (Fsp3) is 0.0667. The highest BCUT2D eigenvalue weighted by Gasteiger charge is 2.09. The molecular weight excluding hydrogens is 374 g/mol. The van der Waals surface area contributed by atoms with Gasteiger partial charge in [0.2, 0.25) is 0 Å². The zero-order valence-electron chi connectivity index (χ0n) is 17.3. The average Bonchev–Trinajstić information content (AvgIpc) is 3.23. The van der Waals surface area contributed by atoms with Gasteiger partial charge in [-0.15, -0.1) is 0 Å². The number of H-pyrrole nitrogens is 1. The third kappa shape index (κ3) is 3.29. The summed E-state index contributed by atoms with van der Waals surface area (Å²) in [5.41, 5.74) is 8.64. The highest BCUT2D eigenvalue weighted by atomic mass is 14.7. The number of nitrogens with one attached hydrogen (secondary N) is 1. The van der Waals surface area contributed by atoms with Crippen LogP contribution >= 0.6 is 0 Å². The molecule has 1 heteroatoms. The van der Waals surface area contributed by atoms with Gasteiger partial charge in [0.1, 0.15) is 0 Å². The summed E-state index contributed by atoms with van der Waals surface area (Å²) in [5.74, 6) is 0. The van der Waals surface area contributed by atoms with Gasteiger partial charge in [-0.2, -0.15) is 0 Å². The molecule has 0 spiro atoms. The molecule has 31 heavy (non-hydrogen) atoms. The minimum Gasteiger partial charge on any atom is -0.355 e. The van der Waals surface area contributed by atoms with Crippen LogP contribution in [-0.2, 0) is 0 Å². The summed E-state index contributed by atoms with van der Waals surface area (Å²) in [7, 11) is 0. The molecule has 0 fully saturated rings. The van der Waals surface area contributed by atoms with Crippen LogP contribution in [0, 0.1) is 0 Å². The first-order valence-electron chi connectivity index (χ1n) is 10.9. The van der Waals surface area contributed by atoms with Gasteiger partial charge >= 0.3 is 0 Å². The van der Waals surface area contributed by atoms with E-state index in [9.17, 15) is 0 Å². The van der Waals surface area contributed by atoms with Crippen LogP contribution in [0.2, 0.25) is 0 Å². The monoisotopic (exact) mass is 397 g/mol. The number of aromatic nitrogens is 1. The van der Waals surface area contributed by atoms with E-state index in [4.69, 9.17) is 0 Å². The molecule has 0 aliphatic heterocycles. The predicted octanol–water partition coefficient (Wildman–Crippen LogP) is 6.52. The molecule has 0 bridgehead atoms. The molecule has 148 valence electrons. The molecule has 0 amide bonds. The predicted molar refractivity (Wildman–Crippen MR) is 132 cm³/mol. The zero-order chi connectivity index (χ0) is 20.6. The number of rotatable bonds is 3. The third-order valence-corrected chi connectivity index (χ3v) is 6.21. The van der Waals surface area contributed by atoms with Gasteiger partial charge in [-0.3, -0.25) is 0 Å². The standard InChI is InChI=1S/C30H23N/c1-3-9-21(10-4-1)24-17-25(22-11-5-2-6-12-22)19-26(18-24)23-15-16-28-27-13-7-8-14-29(27)31-30(28)20-23/h1-6,9-20,31H,7-8H2. The Morgan fingerprint density at radius 3 is 1.71 bits per heavy atom. The molecule has 6 rings (SSSR count). The molecule has 4 aromatic carbocycles. The fourth-order valence-corrected chi connectivity index (χ4v) is 4.64. The van der Waals surface area contributed by atoms with Crippen molar-refractivity contribution in [3.8, 4) is 33.4 Å². The maximum Gasteiger partial charge on any atom is 0.0470 e. The van der Waals surface area contributed by atoms with Crippen molar-refractivity contribution in [2.45, 2.75) is 12.8 Å². The van der Waals surface area contributed by atoms with E-state index in [-0.39, 0.29) is 0 Å². The lowest BCUT2D eigenvalue weighted by atomic mass is 9.93. The highest BCUT2D eigenvalue weighted by Crippen LogP contribution is 2.33. The minimum atomic E-state index is 1.12. The van der Waals surface area contributed by atoms with E-state index in [0.29, 0.717) is 0 Å². The van der Waals surface area contributed by atoms with Gasteiger partial charge in [-0.1, -0.05) is 84.9 Å². The molecule has 0 saturated carbocycles. The average molecular weight is 398 g/mol. The molecule has 0 atom stereocenters. The molecule has 1 aliphatic rings. The lowest BCUT2D eigenvalue weighted by Crippen LogP contribution is -2.24. The number of fused-ring (bicyclic) bond motifs is 3. The number of aromatic amines is 1. The van der Waals surface area contributed by atoms with Crippen molar-refractivity contribution in [3.63, 3.8) is 0 Å². The Labute approximate surface area is 182 Å². The van der Waals surface area contributed by atoms with Crippen molar-refractivity contribution < 1.29 is 0 Å². The van der Waals surface area contributed by atoms with Crippen molar-refractivity contribution >= 4 is 23.1 Å². The van der Waals surface area contributed by atoms with Gasteiger partial charge in [0.15, 0.2) is 0 Å². The molecule has 1 N–H and O–H groups in total. The van der Waals surface area contributed by atoms with Crippen LogP contribution in [0.15, 0.2) is 97.1 Å². The smallest absolute Gasteiger partial charge is 0.0470 e. The van der Waals surface area contributed by atoms with Crippen molar-refractivity contribution in [1.82, 2.24) is 4.98 Å². The van der Waals surface area contributed by atoms with E-state index in [1.165, 1.54) is 54.9 Å². The Balaban J connectivity index is 1.56. The second-order valence-corrected chi connectivity index (χ2v) is 8.23. The third-order valence-electron chi connectivity index (χ3n) is 6.21. The van der Waals surface area contributed by atoms with Crippen LogP contribution < -0.4 is 10.6 Å². The highest BCUT2D eigenvalue weighted by molar-refractivity contribution is 5.88. The van der Waals surface area contributed by atoms with Gasteiger partial charge in [-0.25, -0.2) is 0 Å². The first-order valence-corrected chi connectivity index (χ1v) is 10.9. The van der Waals surface area contributed by atoms with E-state index < -0.39 is 0 Å². The lowest BCUT2D eigenvalue weighted by molar-refractivity contribution is 1.11. The molecular formula is C30H23N. The fourth-order valence-electron chi connectivity index (χ4n) is 4.64. The van der Waals surface area contributed by atoms with E-state index in [1.54, 1.807) is 0 Å². The summed E-state index contributed by atoms with van der Waals surface area (Å²) in [5, 5.41) is 3.94. The molecule has 1 heterocycles. The Kier molecular flexibility index (Phi) is 4.32. The Morgan fingerprint density at radius 1 is 0.484 bits per heavy atom. The van der Waals surface area contributed by atoms with Crippen molar-refractivity contribution in [1.29, 1.82) is 0 Å². The largest absolute Gasteiger partial charge is 0.355 e. The van der Waals surface area contributed by atoms with Gasteiger partial charge < -0.3 is 4.98 Å². The zero-order valence-corrected chi connectivity index (χ0v) is 17.3. The number of hydrogen-bond donors (Lipinski definition) is 1. The molecule has 1 aliphatic carbocycles. The van der Waals surface area contributed by atoms with E-state index in [2.05, 4.69) is 114 Å². The Bertz CT molecular complexity index is 1450. The van der Waals surface area contributed by atoms with Crippen molar-refractivity contribution in [3.05, 3.63) is 108 Å². The van der Waals surface area contributed by atoms with Crippen LogP contribution in [0.5, 0.6) is 0 Å². The Hall–Kier alpha value is -3.84. The van der Waals surface area contributed by atoms with Gasteiger partial charge in [-0.05, 0) is 70.5 Å². The van der Waals surface area contributed by atoms with E-state index >= 15 is 0 Å². The van der Waals surface area contributed by atoms with Crippen LogP contribution in [0.4, 0.5) is 0 Å².